The number of hydrogen-bond donors (Lipinski definition) is 0. The molecule has 0 amide bonds. The fourth-order valence-electron chi connectivity index (χ4n) is 4.55. The Morgan fingerprint density at radius 1 is 0.758 bits per heavy atom. The van der Waals surface area contributed by atoms with Gasteiger partial charge in [-0.25, -0.2) is 15.0 Å². The lowest BCUT2D eigenvalue weighted by Crippen LogP contribution is -2.24. The van der Waals surface area contributed by atoms with Crippen LogP contribution in [0.2, 0.25) is 0 Å². The molecule has 0 bridgehead atoms. The quantitative estimate of drug-likeness (QED) is 0.303. The number of para-hydroxylation sites is 2. The zero-order valence-corrected chi connectivity index (χ0v) is 19.3. The van der Waals surface area contributed by atoms with Gasteiger partial charge in [0.05, 0.1) is 11.0 Å². The van der Waals surface area contributed by atoms with Crippen molar-refractivity contribution in [1.29, 1.82) is 0 Å². The zero-order chi connectivity index (χ0) is 22.8. The minimum atomic E-state index is -0.0120. The number of benzene rings is 2. The van der Waals surface area contributed by atoms with Gasteiger partial charge in [-0.05, 0) is 37.5 Å². The molecular formula is C27H29N5O. The van der Waals surface area contributed by atoms with Gasteiger partial charge in [-0.15, -0.1) is 0 Å². The minimum absolute atomic E-state index is 0.0120. The first kappa shape index (κ1) is 21.3. The smallest absolute Gasteiger partial charge is 0.265 e. The summed E-state index contributed by atoms with van der Waals surface area (Å²) in [5, 5.41) is 0.581. The first-order chi connectivity index (χ1) is 16.2. The number of fused-ring (bicyclic) bond motifs is 4. The largest absolute Gasteiger partial charge is 0.308 e. The third-order valence-electron chi connectivity index (χ3n) is 6.34. The van der Waals surface area contributed by atoms with Crippen molar-refractivity contribution >= 4 is 33.2 Å². The Labute approximate surface area is 192 Å². The molecule has 0 atom stereocenters. The molecule has 5 aromatic rings. The van der Waals surface area contributed by atoms with Crippen LogP contribution in [0.1, 0.15) is 44.0 Å². The van der Waals surface area contributed by atoms with Crippen molar-refractivity contribution in [3.05, 3.63) is 76.3 Å². The second-order valence-electron chi connectivity index (χ2n) is 8.65. The second-order valence-corrected chi connectivity index (χ2v) is 8.65. The average Bonchev–Trinajstić information content (AvgIpc) is 3.13. The van der Waals surface area contributed by atoms with Crippen LogP contribution >= 0.6 is 0 Å². The molecule has 3 heterocycles. The molecule has 0 saturated heterocycles. The van der Waals surface area contributed by atoms with Crippen LogP contribution in [-0.4, -0.2) is 24.1 Å². The normalized spacial score (nSPS) is 11.7. The summed E-state index contributed by atoms with van der Waals surface area (Å²) >= 11 is 0. The van der Waals surface area contributed by atoms with E-state index in [9.17, 15) is 4.79 Å². The fraction of sp³-hybridized carbons (Fsp3) is 0.333. The number of unbranched alkanes of at least 4 members (excludes halogenated alkanes) is 3. The Morgan fingerprint density at radius 2 is 1.48 bits per heavy atom. The molecular weight excluding hydrogens is 410 g/mol. The van der Waals surface area contributed by atoms with Crippen LogP contribution in [-0.2, 0) is 19.5 Å². The number of aromatic nitrogens is 5. The number of hydrogen-bond acceptors (Lipinski definition) is 4. The van der Waals surface area contributed by atoms with Gasteiger partial charge in [-0.3, -0.25) is 9.36 Å². The van der Waals surface area contributed by atoms with Crippen molar-refractivity contribution in [1.82, 2.24) is 24.1 Å². The Hall–Kier alpha value is -3.54. The monoisotopic (exact) mass is 439 g/mol. The van der Waals surface area contributed by atoms with Crippen molar-refractivity contribution in [3.8, 4) is 0 Å². The number of nitrogens with zero attached hydrogens (tertiary/aromatic N) is 5. The molecule has 6 heteroatoms. The van der Waals surface area contributed by atoms with E-state index in [2.05, 4.69) is 23.6 Å². The van der Waals surface area contributed by atoms with Crippen molar-refractivity contribution in [3.63, 3.8) is 0 Å². The summed E-state index contributed by atoms with van der Waals surface area (Å²) in [6.45, 7) is 5.49. The summed E-state index contributed by atoms with van der Waals surface area (Å²) in [5.74, 6) is 0.748. The highest BCUT2D eigenvalue weighted by molar-refractivity contribution is 6.04. The third kappa shape index (κ3) is 4.01. The van der Waals surface area contributed by atoms with Gasteiger partial charge in [0.2, 0.25) is 0 Å². The molecule has 6 nitrogen and oxygen atoms in total. The summed E-state index contributed by atoms with van der Waals surface area (Å²) in [7, 11) is 0. The first-order valence-electron chi connectivity index (χ1n) is 11.9. The molecule has 33 heavy (non-hydrogen) atoms. The topological polar surface area (TPSA) is 65.6 Å². The van der Waals surface area contributed by atoms with Crippen molar-refractivity contribution in [2.24, 2.45) is 0 Å². The summed E-state index contributed by atoms with van der Waals surface area (Å²) in [6, 6.07) is 18.2. The van der Waals surface area contributed by atoms with E-state index < -0.39 is 0 Å². The van der Waals surface area contributed by atoms with Crippen LogP contribution < -0.4 is 5.56 Å². The Morgan fingerprint density at radius 3 is 2.24 bits per heavy atom. The van der Waals surface area contributed by atoms with Gasteiger partial charge in [0.15, 0.2) is 11.3 Å². The van der Waals surface area contributed by atoms with Gasteiger partial charge < -0.3 is 4.57 Å². The van der Waals surface area contributed by atoms with E-state index in [-0.39, 0.29) is 5.56 Å². The van der Waals surface area contributed by atoms with E-state index in [0.717, 1.165) is 41.8 Å². The summed E-state index contributed by atoms with van der Waals surface area (Å²) in [4.78, 5) is 28.4. The number of aryl methyl sites for hydroxylation is 3. The molecule has 0 aliphatic carbocycles. The highest BCUT2D eigenvalue weighted by Gasteiger charge is 2.21. The number of rotatable bonds is 8. The van der Waals surface area contributed by atoms with Gasteiger partial charge in [-0.1, -0.05) is 68.7 Å². The van der Waals surface area contributed by atoms with Crippen LogP contribution in [0, 0.1) is 6.92 Å². The second kappa shape index (κ2) is 9.14. The highest BCUT2D eigenvalue weighted by Crippen LogP contribution is 2.26. The van der Waals surface area contributed by atoms with Gasteiger partial charge >= 0.3 is 0 Å². The Kier molecular flexibility index (Phi) is 5.90. The van der Waals surface area contributed by atoms with Crippen molar-refractivity contribution < 1.29 is 0 Å². The lowest BCUT2D eigenvalue weighted by atomic mass is 10.1. The predicted molar refractivity (Wildman–Crippen MR) is 134 cm³/mol. The lowest BCUT2D eigenvalue weighted by Gasteiger charge is -2.11. The highest BCUT2D eigenvalue weighted by atomic mass is 16.1. The molecule has 0 unspecified atom stereocenters. The summed E-state index contributed by atoms with van der Waals surface area (Å²) in [5.41, 5.74) is 4.91. The van der Waals surface area contributed by atoms with E-state index in [0.29, 0.717) is 29.6 Å². The lowest BCUT2D eigenvalue weighted by molar-refractivity contribution is 0.555. The maximum Gasteiger partial charge on any atom is 0.265 e. The molecule has 0 fully saturated rings. The van der Waals surface area contributed by atoms with Crippen LogP contribution in [0.3, 0.4) is 0 Å². The van der Waals surface area contributed by atoms with Gasteiger partial charge in [0.1, 0.15) is 16.7 Å². The Balaban J connectivity index is 1.69. The molecule has 0 aliphatic heterocycles. The van der Waals surface area contributed by atoms with E-state index in [4.69, 9.17) is 15.0 Å². The van der Waals surface area contributed by atoms with Gasteiger partial charge in [0.25, 0.3) is 5.56 Å². The van der Waals surface area contributed by atoms with Gasteiger partial charge in [0, 0.05) is 13.1 Å². The summed E-state index contributed by atoms with van der Waals surface area (Å²) < 4.78 is 3.89. The molecule has 3 aromatic heterocycles. The standard InChI is InChI=1S/C27H29N5O/c1-3-4-5-11-17-31-19(2)28-25-23(27(31)33)24-26(30-22-15-10-9-14-21(22)29-24)32(25)18-16-20-12-7-6-8-13-20/h6-10,12-15H,3-5,11,16-18H2,1-2H3. The SMILES string of the molecule is CCCCCCn1c(C)nc2c(c1=O)c1nc3ccccc3nc1n2CCc1ccccc1. The van der Waals surface area contributed by atoms with Crippen LogP contribution in [0.5, 0.6) is 0 Å². The Bertz CT molecular complexity index is 1480. The van der Waals surface area contributed by atoms with E-state index >= 15 is 0 Å². The fourth-order valence-corrected chi connectivity index (χ4v) is 4.55. The van der Waals surface area contributed by atoms with Crippen LogP contribution in [0.25, 0.3) is 33.2 Å². The summed E-state index contributed by atoms with van der Waals surface area (Å²) in [6.07, 6.45) is 5.27. The maximum atomic E-state index is 13.7. The van der Waals surface area contributed by atoms with Crippen molar-refractivity contribution in [2.75, 3.05) is 0 Å². The molecule has 0 radical (unpaired) electrons. The van der Waals surface area contributed by atoms with Crippen LogP contribution in [0.4, 0.5) is 0 Å². The molecule has 168 valence electrons. The average molecular weight is 440 g/mol. The molecule has 0 saturated carbocycles. The van der Waals surface area contributed by atoms with E-state index in [1.807, 2.05) is 54.0 Å². The van der Waals surface area contributed by atoms with Crippen LogP contribution in [0.15, 0.2) is 59.4 Å². The predicted octanol–water partition coefficient (Wildman–Crippen LogP) is 5.43. The van der Waals surface area contributed by atoms with E-state index in [1.165, 1.54) is 18.4 Å². The van der Waals surface area contributed by atoms with Gasteiger partial charge in [-0.2, -0.15) is 0 Å². The molecule has 0 spiro atoms. The molecule has 5 rings (SSSR count). The first-order valence-corrected chi connectivity index (χ1v) is 11.9. The van der Waals surface area contributed by atoms with Crippen molar-refractivity contribution in [2.45, 2.75) is 59.0 Å². The van der Waals surface area contributed by atoms with E-state index in [1.54, 1.807) is 0 Å². The third-order valence-corrected chi connectivity index (χ3v) is 6.34. The molecule has 0 N–H and O–H groups in total. The molecule has 0 aliphatic rings. The minimum Gasteiger partial charge on any atom is -0.308 e. The zero-order valence-electron chi connectivity index (χ0n) is 19.3. The maximum absolute atomic E-state index is 13.7. The molecule has 2 aromatic carbocycles.